The third-order valence-electron chi connectivity index (χ3n) is 3.16. The van der Waals surface area contributed by atoms with Gasteiger partial charge in [0.05, 0.1) is 0 Å². The highest BCUT2D eigenvalue weighted by Crippen LogP contribution is 2.25. The number of amides is 1. The van der Waals surface area contributed by atoms with Gasteiger partial charge in [-0.1, -0.05) is 22.5 Å². The number of carbonyl (C=O) groups is 2. The van der Waals surface area contributed by atoms with E-state index >= 15 is 0 Å². The Labute approximate surface area is 123 Å². The third kappa shape index (κ3) is 5.35. The molecule has 108 valence electrons. The highest BCUT2D eigenvalue weighted by atomic mass is 79.9. The zero-order chi connectivity index (χ0) is 14.6. The Hall–Kier alpha value is -0.840. The van der Waals surface area contributed by atoms with Crippen LogP contribution in [0.2, 0.25) is 0 Å². The standard InChI is InChI=1S/C14H22BrNO3/c1-9(2)12(17)16-10-5-7-11(8-6-10)19-13(18)14(3,4)15/h10-11H,1,5-8H2,2-4H3,(H,16,17). The van der Waals surface area contributed by atoms with Gasteiger partial charge in [0.15, 0.2) is 0 Å². The molecule has 1 saturated carbocycles. The van der Waals surface area contributed by atoms with Crippen LogP contribution in [0.3, 0.4) is 0 Å². The number of rotatable bonds is 4. The molecule has 1 aliphatic carbocycles. The van der Waals surface area contributed by atoms with Crippen molar-refractivity contribution in [1.82, 2.24) is 5.32 Å². The average Bonchev–Trinajstić information content (AvgIpc) is 2.30. The number of ether oxygens (including phenoxy) is 1. The van der Waals surface area contributed by atoms with Crippen LogP contribution in [0.15, 0.2) is 12.2 Å². The SMILES string of the molecule is C=C(C)C(=O)NC1CCC(OC(=O)C(C)(C)Br)CC1. The first-order valence-electron chi connectivity index (χ1n) is 6.56. The number of esters is 1. The Morgan fingerprint density at radius 3 is 2.21 bits per heavy atom. The minimum Gasteiger partial charge on any atom is -0.461 e. The fourth-order valence-corrected chi connectivity index (χ4v) is 2.02. The summed E-state index contributed by atoms with van der Waals surface area (Å²) in [5, 5.41) is 2.93. The molecule has 1 rings (SSSR count). The van der Waals surface area contributed by atoms with E-state index in [0.717, 1.165) is 25.7 Å². The number of carbonyl (C=O) groups excluding carboxylic acids is 2. The summed E-state index contributed by atoms with van der Waals surface area (Å²) in [5.74, 6) is -0.330. The van der Waals surface area contributed by atoms with Crippen molar-refractivity contribution in [3.8, 4) is 0 Å². The van der Waals surface area contributed by atoms with Gasteiger partial charge in [0.25, 0.3) is 0 Å². The van der Waals surface area contributed by atoms with Gasteiger partial charge in [-0.25, -0.2) is 0 Å². The van der Waals surface area contributed by atoms with Gasteiger partial charge in [0, 0.05) is 11.6 Å². The Morgan fingerprint density at radius 2 is 1.79 bits per heavy atom. The highest BCUT2D eigenvalue weighted by molar-refractivity contribution is 9.10. The van der Waals surface area contributed by atoms with Crippen LogP contribution in [-0.4, -0.2) is 28.3 Å². The molecule has 0 radical (unpaired) electrons. The lowest BCUT2D eigenvalue weighted by Crippen LogP contribution is -2.40. The Morgan fingerprint density at radius 1 is 1.26 bits per heavy atom. The van der Waals surface area contributed by atoms with Crippen LogP contribution in [-0.2, 0) is 14.3 Å². The summed E-state index contributed by atoms with van der Waals surface area (Å²) in [7, 11) is 0. The molecule has 0 bridgehead atoms. The van der Waals surface area contributed by atoms with Crippen molar-refractivity contribution < 1.29 is 14.3 Å². The molecule has 1 aliphatic rings. The van der Waals surface area contributed by atoms with Gasteiger partial charge >= 0.3 is 5.97 Å². The summed E-state index contributed by atoms with van der Waals surface area (Å²) in [6, 6.07) is 0.163. The molecule has 19 heavy (non-hydrogen) atoms. The second-order valence-electron chi connectivity index (χ2n) is 5.61. The molecule has 1 N–H and O–H groups in total. The van der Waals surface area contributed by atoms with Crippen LogP contribution in [0.4, 0.5) is 0 Å². The van der Waals surface area contributed by atoms with Crippen molar-refractivity contribution in [1.29, 1.82) is 0 Å². The molecule has 0 aromatic carbocycles. The van der Waals surface area contributed by atoms with E-state index in [9.17, 15) is 9.59 Å². The van der Waals surface area contributed by atoms with Crippen LogP contribution >= 0.6 is 15.9 Å². The van der Waals surface area contributed by atoms with Gasteiger partial charge in [0.2, 0.25) is 5.91 Å². The summed E-state index contributed by atoms with van der Waals surface area (Å²) >= 11 is 3.29. The maximum Gasteiger partial charge on any atom is 0.322 e. The van der Waals surface area contributed by atoms with Crippen molar-refractivity contribution in [3.63, 3.8) is 0 Å². The summed E-state index contributed by atoms with van der Waals surface area (Å²) in [6.07, 6.45) is 3.20. The minimum atomic E-state index is -0.641. The van der Waals surface area contributed by atoms with Crippen LogP contribution in [0, 0.1) is 0 Å². The van der Waals surface area contributed by atoms with Crippen LogP contribution in [0.1, 0.15) is 46.5 Å². The second kappa shape index (κ2) is 6.55. The molecule has 1 fully saturated rings. The number of alkyl halides is 1. The van der Waals surface area contributed by atoms with Crippen molar-refractivity contribution in [2.45, 2.75) is 62.9 Å². The average molecular weight is 332 g/mol. The predicted molar refractivity (Wildman–Crippen MR) is 78.1 cm³/mol. The second-order valence-corrected chi connectivity index (χ2v) is 7.59. The minimum absolute atomic E-state index is 0.0395. The van der Waals surface area contributed by atoms with Crippen molar-refractivity contribution in [3.05, 3.63) is 12.2 Å². The first kappa shape index (κ1) is 16.2. The Bertz CT molecular complexity index is 365. The van der Waals surface area contributed by atoms with Crippen molar-refractivity contribution in [2.75, 3.05) is 0 Å². The molecule has 0 saturated heterocycles. The van der Waals surface area contributed by atoms with Gasteiger partial charge in [-0.2, -0.15) is 0 Å². The monoisotopic (exact) mass is 331 g/mol. The highest BCUT2D eigenvalue weighted by Gasteiger charge is 2.30. The van der Waals surface area contributed by atoms with Gasteiger partial charge in [-0.05, 0) is 46.5 Å². The topological polar surface area (TPSA) is 55.4 Å². The maximum atomic E-state index is 11.7. The summed E-state index contributed by atoms with van der Waals surface area (Å²) in [6.45, 7) is 8.85. The van der Waals surface area contributed by atoms with E-state index < -0.39 is 4.32 Å². The van der Waals surface area contributed by atoms with Crippen LogP contribution in [0.25, 0.3) is 0 Å². The number of hydrogen-bond acceptors (Lipinski definition) is 3. The van der Waals surface area contributed by atoms with Gasteiger partial charge in [-0.15, -0.1) is 0 Å². The van der Waals surface area contributed by atoms with E-state index in [-0.39, 0.29) is 24.0 Å². The largest absolute Gasteiger partial charge is 0.461 e. The first-order valence-corrected chi connectivity index (χ1v) is 7.36. The first-order chi connectivity index (χ1) is 8.70. The molecule has 0 heterocycles. The molecule has 0 aromatic heterocycles. The summed E-state index contributed by atoms with van der Waals surface area (Å²) in [5.41, 5.74) is 0.523. The van der Waals surface area contributed by atoms with Crippen LogP contribution in [0.5, 0.6) is 0 Å². The molecular formula is C14H22BrNO3. The van der Waals surface area contributed by atoms with Gasteiger partial charge in [0.1, 0.15) is 10.4 Å². The molecule has 4 nitrogen and oxygen atoms in total. The van der Waals surface area contributed by atoms with E-state index in [1.807, 2.05) is 0 Å². The number of nitrogens with one attached hydrogen (secondary N) is 1. The van der Waals surface area contributed by atoms with Crippen molar-refractivity contribution >= 4 is 27.8 Å². The lowest BCUT2D eigenvalue weighted by atomic mass is 9.92. The lowest BCUT2D eigenvalue weighted by Gasteiger charge is -2.30. The summed E-state index contributed by atoms with van der Waals surface area (Å²) < 4.78 is 4.80. The molecular weight excluding hydrogens is 310 g/mol. The fourth-order valence-electron chi connectivity index (χ4n) is 1.93. The van der Waals surface area contributed by atoms with E-state index in [2.05, 4.69) is 27.8 Å². The number of hydrogen-bond donors (Lipinski definition) is 1. The quantitative estimate of drug-likeness (QED) is 0.489. The molecule has 0 aliphatic heterocycles. The van der Waals surface area contributed by atoms with Crippen molar-refractivity contribution in [2.24, 2.45) is 0 Å². The maximum absolute atomic E-state index is 11.7. The molecule has 0 atom stereocenters. The smallest absolute Gasteiger partial charge is 0.322 e. The van der Waals surface area contributed by atoms with Gasteiger partial charge < -0.3 is 10.1 Å². The van der Waals surface area contributed by atoms with E-state index in [1.54, 1.807) is 20.8 Å². The van der Waals surface area contributed by atoms with E-state index in [1.165, 1.54) is 0 Å². The van der Waals surface area contributed by atoms with E-state index in [4.69, 9.17) is 4.74 Å². The zero-order valence-corrected chi connectivity index (χ0v) is 13.4. The fraction of sp³-hybridized carbons (Fsp3) is 0.714. The van der Waals surface area contributed by atoms with Crippen LogP contribution < -0.4 is 5.32 Å². The molecule has 0 aromatic rings. The third-order valence-corrected chi connectivity index (χ3v) is 3.48. The molecule has 1 amide bonds. The van der Waals surface area contributed by atoms with Gasteiger partial charge in [-0.3, -0.25) is 9.59 Å². The lowest BCUT2D eigenvalue weighted by molar-refractivity contribution is -0.152. The zero-order valence-electron chi connectivity index (χ0n) is 11.8. The molecule has 0 unspecified atom stereocenters. The number of halogens is 1. The summed E-state index contributed by atoms with van der Waals surface area (Å²) in [4.78, 5) is 23.2. The Balaban J connectivity index is 2.35. The predicted octanol–water partition coefficient (Wildman–Crippen LogP) is 2.71. The normalized spacial score (nSPS) is 23.6. The Kier molecular flexibility index (Phi) is 5.59. The van der Waals surface area contributed by atoms with E-state index in [0.29, 0.717) is 5.57 Å². The molecule has 5 heteroatoms. The molecule has 0 spiro atoms.